The van der Waals surface area contributed by atoms with Crippen LogP contribution in [0.4, 0.5) is 5.69 Å². The van der Waals surface area contributed by atoms with Crippen molar-refractivity contribution in [3.63, 3.8) is 0 Å². The third-order valence-corrected chi connectivity index (χ3v) is 3.20. The molecule has 0 spiro atoms. The van der Waals surface area contributed by atoms with Gasteiger partial charge in [0.05, 0.1) is 5.56 Å². The van der Waals surface area contributed by atoms with Gasteiger partial charge in [0.2, 0.25) is 0 Å². The van der Waals surface area contributed by atoms with Gasteiger partial charge in [-0.3, -0.25) is 4.79 Å². The second-order valence-electron chi connectivity index (χ2n) is 4.26. The second-order valence-corrected chi connectivity index (χ2v) is 4.26. The first-order chi connectivity index (χ1) is 8.67. The standard InChI is InChI=1S/C15H18N2O/c1-3-17(4-2)15(18)13-9-11-7-5-6-8-12(11)10-14(13)16/h5-10H,3-4,16H2,1-2H3. The molecule has 0 atom stereocenters. The number of rotatable bonds is 3. The Morgan fingerprint density at radius 3 is 2.22 bits per heavy atom. The van der Waals surface area contributed by atoms with Crippen molar-refractivity contribution in [2.75, 3.05) is 18.8 Å². The van der Waals surface area contributed by atoms with Crippen LogP contribution in [0.1, 0.15) is 24.2 Å². The molecule has 18 heavy (non-hydrogen) atoms. The Bertz CT molecular complexity index is 574. The van der Waals surface area contributed by atoms with Crippen LogP contribution in [-0.2, 0) is 0 Å². The van der Waals surface area contributed by atoms with E-state index < -0.39 is 0 Å². The molecule has 2 rings (SSSR count). The Labute approximate surface area is 107 Å². The van der Waals surface area contributed by atoms with E-state index in [1.165, 1.54) is 0 Å². The summed E-state index contributed by atoms with van der Waals surface area (Å²) in [6, 6.07) is 11.7. The quantitative estimate of drug-likeness (QED) is 0.841. The third kappa shape index (κ3) is 2.16. The number of amides is 1. The predicted molar refractivity (Wildman–Crippen MR) is 75.6 cm³/mol. The molecule has 3 heteroatoms. The fourth-order valence-corrected chi connectivity index (χ4v) is 2.12. The topological polar surface area (TPSA) is 46.3 Å². The van der Waals surface area contributed by atoms with Crippen LogP contribution in [-0.4, -0.2) is 23.9 Å². The van der Waals surface area contributed by atoms with Gasteiger partial charge in [0, 0.05) is 18.8 Å². The predicted octanol–water partition coefficient (Wildman–Crippen LogP) is 2.90. The number of hydrogen-bond donors (Lipinski definition) is 1. The maximum atomic E-state index is 12.3. The number of benzene rings is 2. The lowest BCUT2D eigenvalue weighted by Gasteiger charge is -2.19. The Balaban J connectivity index is 2.50. The summed E-state index contributed by atoms with van der Waals surface area (Å²) in [5, 5.41) is 2.10. The van der Waals surface area contributed by atoms with E-state index in [0.717, 1.165) is 10.8 Å². The summed E-state index contributed by atoms with van der Waals surface area (Å²) in [6.07, 6.45) is 0. The summed E-state index contributed by atoms with van der Waals surface area (Å²) in [5.41, 5.74) is 7.13. The molecule has 0 aliphatic rings. The first kappa shape index (κ1) is 12.4. The molecule has 0 aliphatic heterocycles. The Morgan fingerprint density at radius 1 is 1.11 bits per heavy atom. The van der Waals surface area contributed by atoms with Gasteiger partial charge in [-0.1, -0.05) is 24.3 Å². The van der Waals surface area contributed by atoms with Gasteiger partial charge in [-0.05, 0) is 36.8 Å². The number of anilines is 1. The van der Waals surface area contributed by atoms with E-state index >= 15 is 0 Å². The van der Waals surface area contributed by atoms with E-state index in [-0.39, 0.29) is 5.91 Å². The van der Waals surface area contributed by atoms with Gasteiger partial charge in [0.1, 0.15) is 0 Å². The first-order valence-electron chi connectivity index (χ1n) is 6.25. The van der Waals surface area contributed by atoms with Crippen LogP contribution in [0, 0.1) is 0 Å². The van der Waals surface area contributed by atoms with Gasteiger partial charge < -0.3 is 10.6 Å². The fraction of sp³-hybridized carbons (Fsp3) is 0.267. The van der Waals surface area contributed by atoms with Gasteiger partial charge in [-0.2, -0.15) is 0 Å². The van der Waals surface area contributed by atoms with Crippen molar-refractivity contribution in [2.45, 2.75) is 13.8 Å². The highest BCUT2D eigenvalue weighted by Crippen LogP contribution is 2.23. The van der Waals surface area contributed by atoms with Crippen molar-refractivity contribution < 1.29 is 4.79 Å². The zero-order chi connectivity index (χ0) is 13.1. The maximum Gasteiger partial charge on any atom is 0.255 e. The SMILES string of the molecule is CCN(CC)C(=O)c1cc2ccccc2cc1N. The summed E-state index contributed by atoms with van der Waals surface area (Å²) < 4.78 is 0. The van der Waals surface area contributed by atoms with Crippen LogP contribution in [0.2, 0.25) is 0 Å². The second kappa shape index (κ2) is 5.08. The minimum atomic E-state index is 0.00301. The summed E-state index contributed by atoms with van der Waals surface area (Å²) in [7, 11) is 0. The fourth-order valence-electron chi connectivity index (χ4n) is 2.12. The van der Waals surface area contributed by atoms with Gasteiger partial charge in [-0.15, -0.1) is 0 Å². The molecule has 0 radical (unpaired) electrons. The Kier molecular flexibility index (Phi) is 3.51. The molecule has 1 amide bonds. The van der Waals surface area contributed by atoms with Gasteiger partial charge in [-0.25, -0.2) is 0 Å². The van der Waals surface area contributed by atoms with E-state index in [9.17, 15) is 4.79 Å². The summed E-state index contributed by atoms with van der Waals surface area (Å²) >= 11 is 0. The number of nitrogens with zero attached hydrogens (tertiary/aromatic N) is 1. The average Bonchev–Trinajstić information content (AvgIpc) is 2.39. The highest BCUT2D eigenvalue weighted by molar-refractivity contribution is 6.03. The summed E-state index contributed by atoms with van der Waals surface area (Å²) in [4.78, 5) is 14.1. The third-order valence-electron chi connectivity index (χ3n) is 3.20. The van der Waals surface area contributed by atoms with Crippen LogP contribution in [0.3, 0.4) is 0 Å². The molecular formula is C15H18N2O. The zero-order valence-electron chi connectivity index (χ0n) is 10.8. The average molecular weight is 242 g/mol. The van der Waals surface area contributed by atoms with Crippen LogP contribution in [0.15, 0.2) is 36.4 Å². The number of nitrogens with two attached hydrogens (primary N) is 1. The minimum absolute atomic E-state index is 0.00301. The molecule has 0 saturated carbocycles. The largest absolute Gasteiger partial charge is 0.398 e. The molecule has 94 valence electrons. The van der Waals surface area contributed by atoms with Gasteiger partial charge in [0.25, 0.3) is 5.91 Å². The van der Waals surface area contributed by atoms with Crippen molar-refractivity contribution in [1.29, 1.82) is 0 Å². The normalized spacial score (nSPS) is 10.6. The lowest BCUT2D eigenvalue weighted by molar-refractivity contribution is 0.0774. The van der Waals surface area contributed by atoms with E-state index in [4.69, 9.17) is 5.73 Å². The number of carbonyl (C=O) groups excluding carboxylic acids is 1. The van der Waals surface area contributed by atoms with Gasteiger partial charge >= 0.3 is 0 Å². The molecule has 3 nitrogen and oxygen atoms in total. The molecule has 0 heterocycles. The lowest BCUT2D eigenvalue weighted by Crippen LogP contribution is -2.31. The number of nitrogen functional groups attached to an aromatic ring is 1. The Hall–Kier alpha value is -2.03. The maximum absolute atomic E-state index is 12.3. The molecule has 0 fully saturated rings. The molecule has 0 unspecified atom stereocenters. The zero-order valence-corrected chi connectivity index (χ0v) is 10.8. The number of fused-ring (bicyclic) bond motifs is 1. The molecule has 0 aromatic heterocycles. The monoisotopic (exact) mass is 242 g/mol. The van der Waals surface area contributed by atoms with Crippen LogP contribution < -0.4 is 5.73 Å². The van der Waals surface area contributed by atoms with Crippen LogP contribution in [0.5, 0.6) is 0 Å². The molecule has 2 N–H and O–H groups in total. The van der Waals surface area contributed by atoms with E-state index in [1.54, 1.807) is 4.90 Å². The highest BCUT2D eigenvalue weighted by Gasteiger charge is 2.15. The Morgan fingerprint density at radius 2 is 1.67 bits per heavy atom. The summed E-state index contributed by atoms with van der Waals surface area (Å²) in [5.74, 6) is 0.00301. The molecule has 0 aliphatic carbocycles. The van der Waals surface area contributed by atoms with E-state index in [0.29, 0.717) is 24.3 Å². The van der Waals surface area contributed by atoms with Crippen LogP contribution >= 0.6 is 0 Å². The first-order valence-corrected chi connectivity index (χ1v) is 6.25. The molecule has 2 aromatic carbocycles. The highest BCUT2D eigenvalue weighted by atomic mass is 16.2. The number of hydrogen-bond acceptors (Lipinski definition) is 2. The van der Waals surface area contributed by atoms with E-state index in [1.807, 2.05) is 50.2 Å². The van der Waals surface area contributed by atoms with Crippen molar-refractivity contribution in [1.82, 2.24) is 4.90 Å². The van der Waals surface area contributed by atoms with Crippen molar-refractivity contribution in [3.05, 3.63) is 42.0 Å². The van der Waals surface area contributed by atoms with E-state index in [2.05, 4.69) is 0 Å². The molecular weight excluding hydrogens is 224 g/mol. The molecule has 0 bridgehead atoms. The minimum Gasteiger partial charge on any atom is -0.398 e. The van der Waals surface area contributed by atoms with Crippen molar-refractivity contribution in [3.8, 4) is 0 Å². The molecule has 2 aromatic rings. The summed E-state index contributed by atoms with van der Waals surface area (Å²) in [6.45, 7) is 5.33. The lowest BCUT2D eigenvalue weighted by atomic mass is 10.0. The van der Waals surface area contributed by atoms with Gasteiger partial charge in [0.15, 0.2) is 0 Å². The molecule has 0 saturated heterocycles. The van der Waals surface area contributed by atoms with Crippen molar-refractivity contribution in [2.24, 2.45) is 0 Å². The van der Waals surface area contributed by atoms with Crippen molar-refractivity contribution >= 4 is 22.4 Å². The smallest absolute Gasteiger partial charge is 0.255 e. The number of carbonyl (C=O) groups is 1. The van der Waals surface area contributed by atoms with Crippen LogP contribution in [0.25, 0.3) is 10.8 Å².